The molecular weight excluding hydrogens is 300 g/mol. The maximum atomic E-state index is 12.2. The van der Waals surface area contributed by atoms with Crippen molar-refractivity contribution in [1.82, 2.24) is 14.3 Å². The minimum atomic E-state index is -3.05. The van der Waals surface area contributed by atoms with Crippen LogP contribution in [0.3, 0.4) is 0 Å². The fourth-order valence-corrected chi connectivity index (χ4v) is 5.11. The van der Waals surface area contributed by atoms with E-state index in [1.807, 2.05) is 13.0 Å². The maximum absolute atomic E-state index is 12.2. The molecule has 2 aliphatic rings. The quantitative estimate of drug-likeness (QED) is 0.840. The number of hydrogen-bond donors (Lipinski definition) is 0. The van der Waals surface area contributed by atoms with Gasteiger partial charge in [0.1, 0.15) is 0 Å². The number of nitrogens with zero attached hydrogens (tertiary/aromatic N) is 4. The van der Waals surface area contributed by atoms with Crippen LogP contribution in [0.25, 0.3) is 0 Å². The summed E-state index contributed by atoms with van der Waals surface area (Å²) in [5, 5.41) is 0. The molecule has 3 heterocycles. The zero-order valence-electron chi connectivity index (χ0n) is 13.1. The number of piperidine rings is 1. The molecule has 0 saturated carbocycles. The van der Waals surface area contributed by atoms with E-state index in [2.05, 4.69) is 14.9 Å². The smallest absolute Gasteiger partial charge is 0.225 e. The highest BCUT2D eigenvalue weighted by Crippen LogP contribution is 2.41. The molecule has 2 saturated heterocycles. The summed E-state index contributed by atoms with van der Waals surface area (Å²) in [6.07, 6.45) is 7.22. The van der Waals surface area contributed by atoms with Gasteiger partial charge in [0.05, 0.1) is 5.75 Å². The third kappa shape index (κ3) is 3.10. The Morgan fingerprint density at radius 1 is 1.14 bits per heavy atom. The van der Waals surface area contributed by atoms with E-state index in [9.17, 15) is 8.42 Å². The molecule has 22 heavy (non-hydrogen) atoms. The SMILES string of the molecule is CCCS(=O)(=O)N1CCC2(CCN(c3ncccn3)C2)CC1. The first-order valence-corrected chi connectivity index (χ1v) is 9.65. The Labute approximate surface area is 132 Å². The first-order chi connectivity index (χ1) is 10.5. The van der Waals surface area contributed by atoms with Gasteiger partial charge in [-0.25, -0.2) is 22.7 Å². The van der Waals surface area contributed by atoms with E-state index in [1.165, 1.54) is 0 Å². The number of anilines is 1. The van der Waals surface area contributed by atoms with Crippen LogP contribution in [0.1, 0.15) is 32.6 Å². The third-order valence-corrected chi connectivity index (χ3v) is 6.99. The standard InChI is InChI=1S/C15H24N4O2S/c1-2-12-22(20,21)19-10-5-15(6-11-19)4-9-18(13-15)14-16-7-3-8-17-14/h3,7-8H,2,4-6,9-13H2,1H3. The summed E-state index contributed by atoms with van der Waals surface area (Å²) >= 11 is 0. The average molecular weight is 324 g/mol. The molecule has 1 aromatic heterocycles. The van der Waals surface area contributed by atoms with Gasteiger partial charge in [-0.05, 0) is 37.2 Å². The van der Waals surface area contributed by atoms with Crippen molar-refractivity contribution in [3.63, 3.8) is 0 Å². The van der Waals surface area contributed by atoms with Crippen molar-refractivity contribution in [2.24, 2.45) is 5.41 Å². The van der Waals surface area contributed by atoms with Crippen LogP contribution < -0.4 is 4.90 Å². The minimum Gasteiger partial charge on any atom is -0.340 e. The van der Waals surface area contributed by atoms with Crippen molar-refractivity contribution >= 4 is 16.0 Å². The Morgan fingerprint density at radius 3 is 2.41 bits per heavy atom. The van der Waals surface area contributed by atoms with Gasteiger partial charge < -0.3 is 4.90 Å². The van der Waals surface area contributed by atoms with E-state index in [4.69, 9.17) is 0 Å². The second-order valence-corrected chi connectivity index (χ2v) is 8.52. The molecule has 0 unspecified atom stereocenters. The van der Waals surface area contributed by atoms with E-state index in [-0.39, 0.29) is 11.2 Å². The summed E-state index contributed by atoms with van der Waals surface area (Å²) in [6, 6.07) is 1.83. The van der Waals surface area contributed by atoms with Crippen molar-refractivity contribution in [3.8, 4) is 0 Å². The van der Waals surface area contributed by atoms with Crippen molar-refractivity contribution in [2.45, 2.75) is 32.6 Å². The fraction of sp³-hybridized carbons (Fsp3) is 0.733. The van der Waals surface area contributed by atoms with Crippen LogP contribution in [0.2, 0.25) is 0 Å². The zero-order chi connectivity index (χ0) is 15.6. The normalized spacial score (nSPS) is 22.3. The Kier molecular flexibility index (Phi) is 4.36. The van der Waals surface area contributed by atoms with Gasteiger partial charge in [0.15, 0.2) is 0 Å². The first-order valence-electron chi connectivity index (χ1n) is 8.04. The van der Waals surface area contributed by atoms with Gasteiger partial charge in [-0.15, -0.1) is 0 Å². The van der Waals surface area contributed by atoms with Gasteiger partial charge in [-0.1, -0.05) is 6.92 Å². The van der Waals surface area contributed by atoms with E-state index >= 15 is 0 Å². The van der Waals surface area contributed by atoms with E-state index < -0.39 is 10.0 Å². The first kappa shape index (κ1) is 15.7. The molecule has 0 aromatic carbocycles. The van der Waals surface area contributed by atoms with E-state index in [0.717, 1.165) is 38.3 Å². The zero-order valence-corrected chi connectivity index (χ0v) is 13.9. The molecule has 122 valence electrons. The lowest BCUT2D eigenvalue weighted by Crippen LogP contribution is -2.45. The predicted molar refractivity (Wildman–Crippen MR) is 86.2 cm³/mol. The van der Waals surface area contributed by atoms with E-state index in [0.29, 0.717) is 19.5 Å². The molecule has 1 spiro atoms. The molecule has 2 fully saturated rings. The summed E-state index contributed by atoms with van der Waals surface area (Å²) in [5.74, 6) is 1.06. The lowest BCUT2D eigenvalue weighted by Gasteiger charge is -2.38. The molecule has 7 heteroatoms. The molecule has 6 nitrogen and oxygen atoms in total. The summed E-state index contributed by atoms with van der Waals surface area (Å²) in [6.45, 7) is 5.14. The number of hydrogen-bond acceptors (Lipinski definition) is 5. The van der Waals surface area contributed by atoms with Gasteiger partial charge in [-0.2, -0.15) is 0 Å². The topological polar surface area (TPSA) is 66.4 Å². The molecule has 0 radical (unpaired) electrons. The van der Waals surface area contributed by atoms with Gasteiger partial charge in [-0.3, -0.25) is 0 Å². The number of sulfonamides is 1. The van der Waals surface area contributed by atoms with Crippen LogP contribution in [0.15, 0.2) is 18.5 Å². The van der Waals surface area contributed by atoms with Crippen molar-refractivity contribution in [3.05, 3.63) is 18.5 Å². The maximum Gasteiger partial charge on any atom is 0.225 e. The number of rotatable bonds is 4. The van der Waals surface area contributed by atoms with Gasteiger partial charge in [0, 0.05) is 38.6 Å². The van der Waals surface area contributed by atoms with Gasteiger partial charge >= 0.3 is 0 Å². The molecule has 0 amide bonds. The van der Waals surface area contributed by atoms with Crippen LogP contribution >= 0.6 is 0 Å². The van der Waals surface area contributed by atoms with E-state index in [1.54, 1.807) is 16.7 Å². The van der Waals surface area contributed by atoms with Crippen molar-refractivity contribution in [1.29, 1.82) is 0 Å². The van der Waals surface area contributed by atoms with Crippen molar-refractivity contribution < 1.29 is 8.42 Å². The summed E-state index contributed by atoms with van der Waals surface area (Å²) < 4.78 is 26.0. The largest absolute Gasteiger partial charge is 0.340 e. The highest BCUT2D eigenvalue weighted by molar-refractivity contribution is 7.89. The molecule has 0 atom stereocenters. The van der Waals surface area contributed by atoms with Crippen LogP contribution in [0, 0.1) is 5.41 Å². The highest BCUT2D eigenvalue weighted by atomic mass is 32.2. The lowest BCUT2D eigenvalue weighted by atomic mass is 9.78. The summed E-state index contributed by atoms with van der Waals surface area (Å²) in [5.41, 5.74) is 0.234. The fourth-order valence-electron chi connectivity index (χ4n) is 3.59. The molecule has 3 rings (SSSR count). The minimum absolute atomic E-state index is 0.234. The monoisotopic (exact) mass is 324 g/mol. The molecule has 1 aromatic rings. The molecular formula is C15H24N4O2S. The predicted octanol–water partition coefficient (Wildman–Crippen LogP) is 1.51. The lowest BCUT2D eigenvalue weighted by molar-refractivity contribution is 0.177. The van der Waals surface area contributed by atoms with Crippen LogP contribution in [-0.4, -0.2) is 54.6 Å². The Hall–Kier alpha value is -1.21. The molecule has 0 bridgehead atoms. The highest BCUT2D eigenvalue weighted by Gasteiger charge is 2.43. The second kappa shape index (κ2) is 6.12. The Balaban J connectivity index is 1.62. The summed E-state index contributed by atoms with van der Waals surface area (Å²) in [4.78, 5) is 10.9. The van der Waals surface area contributed by atoms with Gasteiger partial charge in [0.25, 0.3) is 0 Å². The molecule has 0 N–H and O–H groups in total. The van der Waals surface area contributed by atoms with Crippen molar-refractivity contribution in [2.75, 3.05) is 36.8 Å². The Morgan fingerprint density at radius 2 is 1.77 bits per heavy atom. The average Bonchev–Trinajstić information content (AvgIpc) is 2.92. The van der Waals surface area contributed by atoms with Crippen LogP contribution in [-0.2, 0) is 10.0 Å². The number of aromatic nitrogens is 2. The Bertz CT molecular complexity index is 597. The third-order valence-electron chi connectivity index (χ3n) is 4.91. The molecule has 2 aliphatic heterocycles. The van der Waals surface area contributed by atoms with Crippen LogP contribution in [0.5, 0.6) is 0 Å². The van der Waals surface area contributed by atoms with Gasteiger partial charge in [0.2, 0.25) is 16.0 Å². The molecule has 0 aliphatic carbocycles. The summed E-state index contributed by atoms with van der Waals surface area (Å²) in [7, 11) is -3.05. The second-order valence-electron chi connectivity index (χ2n) is 6.44. The van der Waals surface area contributed by atoms with Crippen LogP contribution in [0.4, 0.5) is 5.95 Å².